The first kappa shape index (κ1) is 27.6. The molecule has 38 heavy (non-hydrogen) atoms. The van der Waals surface area contributed by atoms with E-state index in [1.54, 1.807) is 52.4 Å². The lowest BCUT2D eigenvalue weighted by Gasteiger charge is -2.20. The molecule has 0 aliphatic carbocycles. The first-order valence-electron chi connectivity index (χ1n) is 12.7. The Bertz CT molecular complexity index is 1300. The van der Waals surface area contributed by atoms with Crippen LogP contribution >= 0.6 is 11.3 Å². The molecular formula is C26H33N5O6S. The number of carbonyl (C=O) groups is 3. The Morgan fingerprint density at radius 1 is 1.11 bits per heavy atom. The second-order valence-corrected chi connectivity index (χ2v) is 11.1. The molecule has 0 bridgehead atoms. The van der Waals surface area contributed by atoms with Crippen LogP contribution in [0.1, 0.15) is 54.2 Å². The Morgan fingerprint density at radius 3 is 2.47 bits per heavy atom. The fourth-order valence-corrected chi connectivity index (χ4v) is 4.50. The quantitative estimate of drug-likeness (QED) is 0.394. The normalized spacial score (nSPS) is 19.4. The maximum Gasteiger partial charge on any atom is 0.308 e. The minimum atomic E-state index is -0.665. The lowest BCUT2D eigenvalue weighted by atomic mass is 10.1. The summed E-state index contributed by atoms with van der Waals surface area (Å²) < 4.78 is 19.1. The Hall–Kier alpha value is -3.38. The number of ether oxygens (including phenoxy) is 3. The van der Waals surface area contributed by atoms with Crippen LogP contribution < -0.4 is 5.32 Å². The summed E-state index contributed by atoms with van der Waals surface area (Å²) in [5.41, 5.74) is 1.59. The van der Waals surface area contributed by atoms with Gasteiger partial charge in [0.1, 0.15) is 36.3 Å². The van der Waals surface area contributed by atoms with Gasteiger partial charge in [-0.1, -0.05) is 47.6 Å². The predicted molar refractivity (Wildman–Crippen MR) is 141 cm³/mol. The number of nitrogens with zero attached hydrogens (tertiary/aromatic N) is 4. The Balaban J connectivity index is 1.69. The average Bonchev–Trinajstić information content (AvgIpc) is 3.62. The molecule has 1 saturated heterocycles. The van der Waals surface area contributed by atoms with Gasteiger partial charge in [0.05, 0.1) is 23.0 Å². The molecule has 1 aliphatic heterocycles. The largest absolute Gasteiger partial charge is 0.463 e. The molecule has 3 atom stereocenters. The number of aromatic nitrogens is 4. The van der Waals surface area contributed by atoms with E-state index in [0.29, 0.717) is 23.3 Å². The van der Waals surface area contributed by atoms with Gasteiger partial charge in [0.15, 0.2) is 5.65 Å². The lowest BCUT2D eigenvalue weighted by molar-refractivity contribution is -0.162. The summed E-state index contributed by atoms with van der Waals surface area (Å²) >= 11 is 1.50. The standard InChI is InChI=1S/C26H33N5O6S/c1-13(2)23(32)30-26-28-20(18-8-7-9-38-18)21-22(29-26)31(12-27-21)19-10-16(37-25(34)15(5)6)17(36-19)11-35-24(33)14(3)4/h7-9,12-17,19H,10-11H2,1-6H3,(H,28,29,30,32)/t16-,17+,19+/m0/s1. The number of fused-ring (bicyclic) bond motifs is 1. The monoisotopic (exact) mass is 543 g/mol. The van der Waals surface area contributed by atoms with Crippen LogP contribution in [0, 0.1) is 17.8 Å². The van der Waals surface area contributed by atoms with Crippen molar-refractivity contribution in [3.63, 3.8) is 0 Å². The van der Waals surface area contributed by atoms with Gasteiger partial charge in [-0.15, -0.1) is 11.3 Å². The topological polar surface area (TPSA) is 135 Å². The maximum atomic E-state index is 12.4. The van der Waals surface area contributed by atoms with Gasteiger partial charge in [0, 0.05) is 12.3 Å². The fraction of sp³-hybridized carbons (Fsp3) is 0.538. The lowest BCUT2D eigenvalue weighted by Crippen LogP contribution is -2.33. The summed E-state index contributed by atoms with van der Waals surface area (Å²) in [5.74, 6) is -1.66. The van der Waals surface area contributed by atoms with Gasteiger partial charge in [0.25, 0.3) is 0 Å². The van der Waals surface area contributed by atoms with Gasteiger partial charge < -0.3 is 14.2 Å². The molecule has 0 aromatic carbocycles. The number of anilines is 1. The number of imidazole rings is 1. The second kappa shape index (κ2) is 11.6. The molecule has 0 radical (unpaired) electrons. The number of nitrogens with one attached hydrogen (secondary N) is 1. The van der Waals surface area contributed by atoms with E-state index in [1.165, 1.54) is 11.3 Å². The summed E-state index contributed by atoms with van der Waals surface area (Å²) in [4.78, 5) is 51.5. The molecule has 3 aromatic heterocycles. The predicted octanol–water partition coefficient (Wildman–Crippen LogP) is 4.20. The van der Waals surface area contributed by atoms with Crippen LogP contribution in [-0.4, -0.2) is 56.2 Å². The van der Waals surface area contributed by atoms with E-state index in [1.807, 2.05) is 17.5 Å². The number of esters is 2. The van der Waals surface area contributed by atoms with Crippen molar-refractivity contribution in [1.82, 2.24) is 19.5 Å². The van der Waals surface area contributed by atoms with Crippen LogP contribution in [0.3, 0.4) is 0 Å². The summed E-state index contributed by atoms with van der Waals surface area (Å²) in [6, 6.07) is 3.83. The van der Waals surface area contributed by atoms with Crippen molar-refractivity contribution in [2.24, 2.45) is 17.8 Å². The molecule has 4 rings (SSSR count). The highest BCUT2D eigenvalue weighted by Gasteiger charge is 2.41. The summed E-state index contributed by atoms with van der Waals surface area (Å²) in [6.45, 7) is 10.5. The molecule has 12 heteroatoms. The minimum Gasteiger partial charge on any atom is -0.463 e. The Kier molecular flexibility index (Phi) is 8.41. The van der Waals surface area contributed by atoms with Gasteiger partial charge in [0.2, 0.25) is 11.9 Å². The molecule has 1 amide bonds. The third kappa shape index (κ3) is 6.02. The highest BCUT2D eigenvalue weighted by Crippen LogP contribution is 2.36. The number of thiophene rings is 1. The van der Waals surface area contributed by atoms with E-state index in [0.717, 1.165) is 4.88 Å². The molecule has 1 fully saturated rings. The summed E-state index contributed by atoms with van der Waals surface area (Å²) in [6.07, 6.45) is -0.00110. The van der Waals surface area contributed by atoms with E-state index in [4.69, 9.17) is 14.2 Å². The van der Waals surface area contributed by atoms with Gasteiger partial charge in [-0.3, -0.25) is 24.3 Å². The SMILES string of the molecule is CC(C)C(=O)Nc1nc(-c2cccs2)c2ncn([C@H]3C[C@H](OC(=O)C(C)C)[C@@H](COC(=O)C(C)C)O3)c2n1. The highest BCUT2D eigenvalue weighted by atomic mass is 32.1. The van der Waals surface area contributed by atoms with Gasteiger partial charge in [-0.2, -0.15) is 4.98 Å². The van der Waals surface area contributed by atoms with E-state index in [2.05, 4.69) is 20.3 Å². The number of amides is 1. The average molecular weight is 544 g/mol. The van der Waals surface area contributed by atoms with Gasteiger partial charge >= 0.3 is 11.9 Å². The zero-order valence-electron chi connectivity index (χ0n) is 22.3. The van der Waals surface area contributed by atoms with Crippen LogP contribution in [0.4, 0.5) is 5.95 Å². The van der Waals surface area contributed by atoms with Crippen molar-refractivity contribution in [2.75, 3.05) is 11.9 Å². The van der Waals surface area contributed by atoms with E-state index in [-0.39, 0.29) is 48.2 Å². The molecule has 0 spiro atoms. The van der Waals surface area contributed by atoms with Crippen molar-refractivity contribution in [3.05, 3.63) is 23.8 Å². The Morgan fingerprint density at radius 2 is 1.84 bits per heavy atom. The fourth-order valence-electron chi connectivity index (χ4n) is 3.78. The number of rotatable bonds is 9. The van der Waals surface area contributed by atoms with Crippen LogP contribution in [0.25, 0.3) is 21.7 Å². The zero-order chi connectivity index (χ0) is 27.6. The highest BCUT2D eigenvalue weighted by molar-refractivity contribution is 7.13. The molecule has 204 valence electrons. The summed E-state index contributed by atoms with van der Waals surface area (Å²) in [5, 5.41) is 4.71. The van der Waals surface area contributed by atoms with Crippen molar-refractivity contribution in [3.8, 4) is 10.6 Å². The molecule has 0 saturated carbocycles. The van der Waals surface area contributed by atoms with E-state index in [9.17, 15) is 14.4 Å². The third-order valence-electron chi connectivity index (χ3n) is 6.03. The molecule has 11 nitrogen and oxygen atoms in total. The molecule has 0 unspecified atom stereocenters. The second-order valence-electron chi connectivity index (χ2n) is 10.1. The number of carbonyl (C=O) groups excluding carboxylic acids is 3. The van der Waals surface area contributed by atoms with Gasteiger partial charge in [-0.05, 0) is 11.4 Å². The van der Waals surface area contributed by atoms with Crippen LogP contribution in [0.5, 0.6) is 0 Å². The van der Waals surface area contributed by atoms with E-state index >= 15 is 0 Å². The van der Waals surface area contributed by atoms with Crippen molar-refractivity contribution in [1.29, 1.82) is 0 Å². The van der Waals surface area contributed by atoms with Crippen LogP contribution in [0.2, 0.25) is 0 Å². The third-order valence-corrected chi connectivity index (χ3v) is 6.90. The Labute approximate surface area is 224 Å². The first-order valence-corrected chi connectivity index (χ1v) is 13.5. The van der Waals surface area contributed by atoms with Gasteiger partial charge in [-0.25, -0.2) is 9.97 Å². The van der Waals surface area contributed by atoms with Crippen LogP contribution in [-0.2, 0) is 28.6 Å². The van der Waals surface area contributed by atoms with Crippen LogP contribution in [0.15, 0.2) is 23.8 Å². The van der Waals surface area contributed by atoms with Crippen molar-refractivity contribution < 1.29 is 28.6 Å². The summed E-state index contributed by atoms with van der Waals surface area (Å²) in [7, 11) is 0. The van der Waals surface area contributed by atoms with E-state index < -0.39 is 18.4 Å². The van der Waals surface area contributed by atoms with Crippen molar-refractivity contribution in [2.45, 2.75) is 66.4 Å². The first-order chi connectivity index (χ1) is 18.0. The molecule has 1 aliphatic rings. The minimum absolute atomic E-state index is 0.0543. The molecule has 4 heterocycles. The maximum absolute atomic E-state index is 12.4. The zero-order valence-corrected chi connectivity index (χ0v) is 23.2. The smallest absolute Gasteiger partial charge is 0.308 e. The number of hydrogen-bond acceptors (Lipinski definition) is 10. The molecule has 3 aromatic rings. The molecular weight excluding hydrogens is 510 g/mol. The van der Waals surface area contributed by atoms with Crippen molar-refractivity contribution >= 4 is 46.3 Å². The molecule has 1 N–H and O–H groups in total. The number of hydrogen-bond donors (Lipinski definition) is 1.